The molecule has 4 heteroatoms. The van der Waals surface area contributed by atoms with Gasteiger partial charge in [-0.05, 0) is 37.7 Å². The van der Waals surface area contributed by atoms with Gasteiger partial charge < -0.3 is 14.7 Å². The molecule has 3 rings (SSSR count). The van der Waals surface area contributed by atoms with Crippen molar-refractivity contribution in [3.8, 4) is 11.8 Å². The highest BCUT2D eigenvalue weighted by Crippen LogP contribution is 2.42. The smallest absolute Gasteiger partial charge is 0.410 e. The van der Waals surface area contributed by atoms with Crippen molar-refractivity contribution in [2.45, 2.75) is 89.0 Å². The number of piperidine rings is 1. The SMILES string of the molecule is CCCCCC#CCC1(O)CC2CCC(C1)N2C(=O)OCc1ccccc1. The van der Waals surface area contributed by atoms with Crippen LogP contribution in [0.15, 0.2) is 30.3 Å². The summed E-state index contributed by atoms with van der Waals surface area (Å²) in [6, 6.07) is 9.88. The zero-order chi connectivity index (χ0) is 19.1. The van der Waals surface area contributed by atoms with Gasteiger partial charge in [0, 0.05) is 24.9 Å². The Balaban J connectivity index is 1.51. The number of aliphatic hydroxyl groups is 1. The number of amides is 1. The molecule has 0 aromatic heterocycles. The van der Waals surface area contributed by atoms with Crippen molar-refractivity contribution in [2.75, 3.05) is 0 Å². The van der Waals surface area contributed by atoms with Crippen molar-refractivity contribution in [3.05, 3.63) is 35.9 Å². The number of benzene rings is 1. The minimum absolute atomic E-state index is 0.0684. The van der Waals surface area contributed by atoms with E-state index in [1.807, 2.05) is 35.2 Å². The van der Waals surface area contributed by atoms with E-state index >= 15 is 0 Å². The fraction of sp³-hybridized carbons (Fsp3) is 0.609. The lowest BCUT2D eigenvalue weighted by atomic mass is 9.84. The maximum absolute atomic E-state index is 12.6. The number of hydrogen-bond acceptors (Lipinski definition) is 3. The summed E-state index contributed by atoms with van der Waals surface area (Å²) < 4.78 is 5.53. The first kappa shape index (κ1) is 19.8. The molecule has 4 nitrogen and oxygen atoms in total. The van der Waals surface area contributed by atoms with E-state index in [1.165, 1.54) is 12.8 Å². The number of rotatable bonds is 6. The summed E-state index contributed by atoms with van der Waals surface area (Å²) in [5.74, 6) is 6.38. The van der Waals surface area contributed by atoms with Gasteiger partial charge in [0.2, 0.25) is 0 Å². The van der Waals surface area contributed by atoms with Crippen LogP contribution >= 0.6 is 0 Å². The van der Waals surface area contributed by atoms with Crippen molar-refractivity contribution < 1.29 is 14.6 Å². The second-order valence-electron chi connectivity index (χ2n) is 7.95. The third-order valence-electron chi connectivity index (χ3n) is 5.71. The molecule has 27 heavy (non-hydrogen) atoms. The molecule has 0 saturated carbocycles. The minimum Gasteiger partial charge on any atom is -0.445 e. The van der Waals surface area contributed by atoms with Crippen LogP contribution in [0.1, 0.15) is 70.3 Å². The summed E-state index contributed by atoms with van der Waals surface area (Å²) in [6.07, 6.45) is 7.81. The predicted molar refractivity (Wildman–Crippen MR) is 106 cm³/mol. The summed E-state index contributed by atoms with van der Waals surface area (Å²) in [5.41, 5.74) is 0.227. The van der Waals surface area contributed by atoms with Gasteiger partial charge >= 0.3 is 6.09 Å². The second kappa shape index (κ2) is 9.28. The number of carbonyl (C=O) groups excluding carboxylic acids is 1. The molecule has 2 aliphatic heterocycles. The Hall–Kier alpha value is -1.99. The second-order valence-corrected chi connectivity index (χ2v) is 7.95. The molecule has 2 unspecified atom stereocenters. The van der Waals surface area contributed by atoms with E-state index < -0.39 is 5.60 Å². The first-order chi connectivity index (χ1) is 13.1. The Morgan fingerprint density at radius 3 is 2.56 bits per heavy atom. The topological polar surface area (TPSA) is 49.8 Å². The van der Waals surface area contributed by atoms with Gasteiger partial charge in [0.15, 0.2) is 0 Å². The standard InChI is InChI=1S/C23H31NO3/c1-2-3-4-5-6-10-15-23(26)16-20-13-14-21(17-23)24(20)22(25)27-18-19-11-8-7-9-12-19/h7-9,11-12,20-21,26H,2-5,13-18H2,1H3. The van der Waals surface area contributed by atoms with Crippen LogP contribution < -0.4 is 0 Å². The summed E-state index contributed by atoms with van der Waals surface area (Å²) in [6.45, 7) is 2.48. The van der Waals surface area contributed by atoms with E-state index in [0.29, 0.717) is 25.9 Å². The summed E-state index contributed by atoms with van der Waals surface area (Å²) in [5, 5.41) is 11.0. The first-order valence-corrected chi connectivity index (χ1v) is 10.3. The molecular formula is C23H31NO3. The maximum atomic E-state index is 12.6. The van der Waals surface area contributed by atoms with Crippen molar-refractivity contribution in [2.24, 2.45) is 0 Å². The molecule has 2 bridgehead atoms. The molecule has 1 N–H and O–H groups in total. The summed E-state index contributed by atoms with van der Waals surface area (Å²) in [4.78, 5) is 14.5. The van der Waals surface area contributed by atoms with E-state index in [-0.39, 0.29) is 18.2 Å². The van der Waals surface area contributed by atoms with Crippen molar-refractivity contribution >= 4 is 6.09 Å². The van der Waals surface area contributed by atoms with E-state index in [2.05, 4.69) is 18.8 Å². The molecular weight excluding hydrogens is 338 g/mol. The fourth-order valence-electron chi connectivity index (χ4n) is 4.34. The number of unbranched alkanes of at least 4 members (excludes halogenated alkanes) is 3. The zero-order valence-corrected chi connectivity index (χ0v) is 16.3. The highest BCUT2D eigenvalue weighted by molar-refractivity contribution is 5.69. The van der Waals surface area contributed by atoms with Gasteiger partial charge in [0.1, 0.15) is 6.61 Å². The Bertz CT molecular complexity index is 662. The largest absolute Gasteiger partial charge is 0.445 e. The highest BCUT2D eigenvalue weighted by Gasteiger charge is 2.49. The van der Waals surface area contributed by atoms with Crippen LogP contribution in [0, 0.1) is 11.8 Å². The van der Waals surface area contributed by atoms with Gasteiger partial charge in [-0.25, -0.2) is 4.79 Å². The quantitative estimate of drug-likeness (QED) is 0.586. The van der Waals surface area contributed by atoms with Crippen molar-refractivity contribution in [1.82, 2.24) is 4.90 Å². The van der Waals surface area contributed by atoms with Crippen LogP contribution in [0.25, 0.3) is 0 Å². The Labute approximate surface area is 162 Å². The summed E-state index contributed by atoms with van der Waals surface area (Å²) >= 11 is 0. The molecule has 0 spiro atoms. The number of hydrogen-bond donors (Lipinski definition) is 1. The van der Waals surface area contributed by atoms with Crippen LogP contribution in [0.3, 0.4) is 0 Å². The van der Waals surface area contributed by atoms with Crippen molar-refractivity contribution in [3.63, 3.8) is 0 Å². The molecule has 2 fully saturated rings. The molecule has 2 saturated heterocycles. The first-order valence-electron chi connectivity index (χ1n) is 10.3. The predicted octanol–water partition coefficient (Wildman–Crippen LogP) is 4.65. The van der Waals surface area contributed by atoms with Crippen LogP contribution in [0.4, 0.5) is 4.79 Å². The van der Waals surface area contributed by atoms with Crippen LogP contribution in [-0.2, 0) is 11.3 Å². The van der Waals surface area contributed by atoms with Crippen molar-refractivity contribution in [1.29, 1.82) is 0 Å². The maximum Gasteiger partial charge on any atom is 0.410 e. The van der Waals surface area contributed by atoms with Gasteiger partial charge in [0.05, 0.1) is 5.60 Å². The fourth-order valence-corrected chi connectivity index (χ4v) is 4.34. The Morgan fingerprint density at radius 2 is 1.89 bits per heavy atom. The Kier molecular flexibility index (Phi) is 6.79. The van der Waals surface area contributed by atoms with Crippen LogP contribution in [0.5, 0.6) is 0 Å². The lowest BCUT2D eigenvalue weighted by molar-refractivity contribution is -0.0455. The monoisotopic (exact) mass is 369 g/mol. The molecule has 2 atom stereocenters. The van der Waals surface area contributed by atoms with Gasteiger partial charge in [-0.1, -0.05) is 50.1 Å². The van der Waals surface area contributed by atoms with E-state index in [1.54, 1.807) is 0 Å². The average Bonchev–Trinajstić information content (AvgIpc) is 2.96. The summed E-state index contributed by atoms with van der Waals surface area (Å²) in [7, 11) is 0. The molecule has 0 aliphatic carbocycles. The number of fused-ring (bicyclic) bond motifs is 2. The minimum atomic E-state index is -0.764. The van der Waals surface area contributed by atoms with Gasteiger partial charge in [-0.2, -0.15) is 0 Å². The van der Waals surface area contributed by atoms with Crippen LogP contribution in [-0.4, -0.2) is 33.8 Å². The molecule has 0 radical (unpaired) electrons. The van der Waals surface area contributed by atoms with Gasteiger partial charge in [0.25, 0.3) is 0 Å². The average molecular weight is 370 g/mol. The lowest BCUT2D eigenvalue weighted by Crippen LogP contribution is -2.53. The van der Waals surface area contributed by atoms with Gasteiger partial charge in [-0.15, -0.1) is 11.8 Å². The van der Waals surface area contributed by atoms with Crippen LogP contribution in [0.2, 0.25) is 0 Å². The normalized spacial score (nSPS) is 26.4. The molecule has 1 aromatic carbocycles. The number of ether oxygens (including phenoxy) is 1. The van der Waals surface area contributed by atoms with E-state index in [9.17, 15) is 9.90 Å². The lowest BCUT2D eigenvalue weighted by Gasteiger charge is -2.42. The third-order valence-corrected chi connectivity index (χ3v) is 5.71. The number of carbonyl (C=O) groups is 1. The molecule has 2 aliphatic rings. The third kappa shape index (κ3) is 5.26. The molecule has 1 aromatic rings. The number of nitrogens with zero attached hydrogens (tertiary/aromatic N) is 1. The van der Waals surface area contributed by atoms with Gasteiger partial charge in [-0.3, -0.25) is 0 Å². The Morgan fingerprint density at radius 1 is 1.19 bits per heavy atom. The zero-order valence-electron chi connectivity index (χ0n) is 16.3. The highest BCUT2D eigenvalue weighted by atomic mass is 16.6. The van der Waals surface area contributed by atoms with E-state index in [4.69, 9.17) is 4.74 Å². The molecule has 146 valence electrons. The molecule has 1 amide bonds. The molecule has 2 heterocycles. The van der Waals surface area contributed by atoms with E-state index in [0.717, 1.165) is 31.2 Å².